The van der Waals surface area contributed by atoms with Gasteiger partial charge in [-0.1, -0.05) is 5.11 Å². The Morgan fingerprint density at radius 1 is 1.47 bits per heavy atom. The maximum absolute atomic E-state index is 13.1. The second-order valence-corrected chi connectivity index (χ2v) is 2.58. The van der Waals surface area contributed by atoms with Crippen molar-refractivity contribution in [1.82, 2.24) is 20.2 Å². The lowest BCUT2D eigenvalue weighted by Gasteiger charge is -2.00. The minimum absolute atomic E-state index is 0.0921. The number of tetrazole rings is 1. The summed E-state index contributed by atoms with van der Waals surface area (Å²) in [5, 5.41) is 13.7. The Kier molecular flexibility index (Phi) is 2.26. The largest absolute Gasteiger partial charge is 0.207 e. The Bertz CT molecular complexity index is 514. The number of hydrogen-bond acceptors (Lipinski definition) is 4. The van der Waals surface area contributed by atoms with Crippen LogP contribution in [-0.4, -0.2) is 20.2 Å². The quantitative estimate of drug-likeness (QED) is 0.424. The molecule has 15 heavy (non-hydrogen) atoms. The standard InChI is InChI=1S/C7H4FN7/c8-6-2-1-5(3-7(6)11-12-9)15-4-10-13-14-15/h1-4H. The second-order valence-electron chi connectivity index (χ2n) is 2.58. The third-order valence-corrected chi connectivity index (χ3v) is 1.70. The van der Waals surface area contributed by atoms with E-state index in [-0.39, 0.29) is 5.69 Å². The smallest absolute Gasteiger partial charge is 0.143 e. The van der Waals surface area contributed by atoms with Crippen molar-refractivity contribution in [1.29, 1.82) is 0 Å². The highest BCUT2D eigenvalue weighted by molar-refractivity contribution is 5.47. The zero-order valence-corrected chi connectivity index (χ0v) is 7.32. The summed E-state index contributed by atoms with van der Waals surface area (Å²) in [6.07, 6.45) is 1.35. The monoisotopic (exact) mass is 205 g/mol. The van der Waals surface area contributed by atoms with Gasteiger partial charge in [0.25, 0.3) is 0 Å². The van der Waals surface area contributed by atoms with Crippen molar-refractivity contribution in [3.8, 4) is 5.69 Å². The topological polar surface area (TPSA) is 92.4 Å². The van der Waals surface area contributed by atoms with Gasteiger partial charge in [0.2, 0.25) is 0 Å². The molecule has 0 saturated carbocycles. The van der Waals surface area contributed by atoms with E-state index >= 15 is 0 Å². The third kappa shape index (κ3) is 1.74. The van der Waals surface area contributed by atoms with E-state index in [4.69, 9.17) is 5.53 Å². The molecular formula is C7H4FN7. The predicted octanol–water partition coefficient (Wildman–Crippen LogP) is 1.74. The molecule has 0 amide bonds. The molecule has 0 N–H and O–H groups in total. The highest BCUT2D eigenvalue weighted by atomic mass is 19.1. The molecule has 1 heterocycles. The Labute approximate surface area is 82.8 Å². The molecule has 0 aliphatic rings. The molecule has 2 aromatic rings. The van der Waals surface area contributed by atoms with Crippen molar-refractivity contribution in [3.63, 3.8) is 0 Å². The molecule has 74 valence electrons. The van der Waals surface area contributed by atoms with Gasteiger partial charge in [0.05, 0.1) is 11.4 Å². The van der Waals surface area contributed by atoms with Gasteiger partial charge >= 0.3 is 0 Å². The summed E-state index contributed by atoms with van der Waals surface area (Å²) < 4.78 is 14.4. The third-order valence-electron chi connectivity index (χ3n) is 1.70. The molecule has 0 fully saturated rings. The highest BCUT2D eigenvalue weighted by Crippen LogP contribution is 2.20. The van der Waals surface area contributed by atoms with Crippen LogP contribution in [0.5, 0.6) is 0 Å². The molecule has 0 atom stereocenters. The lowest BCUT2D eigenvalue weighted by atomic mass is 10.3. The van der Waals surface area contributed by atoms with E-state index in [1.165, 1.54) is 29.2 Å². The van der Waals surface area contributed by atoms with Crippen LogP contribution >= 0.6 is 0 Å². The Hall–Kier alpha value is -2.47. The van der Waals surface area contributed by atoms with Gasteiger partial charge in [-0.15, -0.1) is 5.10 Å². The molecule has 0 unspecified atom stereocenters. The van der Waals surface area contributed by atoms with Crippen LogP contribution in [0.25, 0.3) is 16.1 Å². The first-order valence-corrected chi connectivity index (χ1v) is 3.89. The summed E-state index contributed by atoms with van der Waals surface area (Å²) in [4.78, 5) is 2.51. The van der Waals surface area contributed by atoms with Crippen LogP contribution in [-0.2, 0) is 0 Å². The lowest BCUT2D eigenvalue weighted by molar-refractivity contribution is 0.628. The Morgan fingerprint density at radius 3 is 3.00 bits per heavy atom. The summed E-state index contributed by atoms with van der Waals surface area (Å²) >= 11 is 0. The van der Waals surface area contributed by atoms with Crippen molar-refractivity contribution < 1.29 is 4.39 Å². The van der Waals surface area contributed by atoms with Crippen LogP contribution in [0.2, 0.25) is 0 Å². The van der Waals surface area contributed by atoms with Gasteiger partial charge in [-0.05, 0) is 34.2 Å². The average molecular weight is 205 g/mol. The zero-order chi connectivity index (χ0) is 10.7. The minimum Gasteiger partial charge on any atom is -0.207 e. The summed E-state index contributed by atoms with van der Waals surface area (Å²) in [7, 11) is 0. The summed E-state index contributed by atoms with van der Waals surface area (Å²) in [6, 6.07) is 4.01. The van der Waals surface area contributed by atoms with Gasteiger partial charge in [-0.3, -0.25) is 0 Å². The van der Waals surface area contributed by atoms with Crippen LogP contribution in [0.3, 0.4) is 0 Å². The van der Waals surface area contributed by atoms with E-state index in [0.29, 0.717) is 5.69 Å². The number of benzene rings is 1. The molecule has 2 rings (SSSR count). The molecule has 0 saturated heterocycles. The van der Waals surface area contributed by atoms with E-state index in [2.05, 4.69) is 25.6 Å². The molecule has 0 bridgehead atoms. The van der Waals surface area contributed by atoms with E-state index in [0.717, 1.165) is 0 Å². The minimum atomic E-state index is -0.593. The van der Waals surface area contributed by atoms with Crippen molar-refractivity contribution in [3.05, 3.63) is 40.8 Å². The number of hydrogen-bond donors (Lipinski definition) is 0. The first kappa shape index (κ1) is 9.10. The summed E-state index contributed by atoms with van der Waals surface area (Å²) in [5.74, 6) is -0.593. The van der Waals surface area contributed by atoms with Gasteiger partial charge in [0.1, 0.15) is 12.1 Å². The van der Waals surface area contributed by atoms with Crippen molar-refractivity contribution in [2.75, 3.05) is 0 Å². The van der Waals surface area contributed by atoms with Crippen LogP contribution < -0.4 is 0 Å². The fourth-order valence-corrected chi connectivity index (χ4v) is 1.05. The molecule has 1 aromatic heterocycles. The Balaban J connectivity index is 2.52. The van der Waals surface area contributed by atoms with Gasteiger partial charge in [0.15, 0.2) is 0 Å². The Morgan fingerprint density at radius 2 is 2.33 bits per heavy atom. The van der Waals surface area contributed by atoms with Crippen LogP contribution in [0.1, 0.15) is 0 Å². The molecule has 0 aliphatic heterocycles. The zero-order valence-electron chi connectivity index (χ0n) is 7.32. The molecule has 0 spiro atoms. The van der Waals surface area contributed by atoms with Crippen LogP contribution in [0.15, 0.2) is 29.6 Å². The molecule has 0 radical (unpaired) electrons. The van der Waals surface area contributed by atoms with Gasteiger partial charge in [-0.2, -0.15) is 0 Å². The van der Waals surface area contributed by atoms with Gasteiger partial charge in [-0.25, -0.2) is 9.07 Å². The molecule has 8 heteroatoms. The summed E-state index contributed by atoms with van der Waals surface area (Å²) in [5.41, 5.74) is 8.64. The first-order chi connectivity index (χ1) is 7.31. The lowest BCUT2D eigenvalue weighted by Crippen LogP contribution is -1.94. The van der Waals surface area contributed by atoms with Crippen molar-refractivity contribution in [2.45, 2.75) is 0 Å². The van der Waals surface area contributed by atoms with E-state index in [9.17, 15) is 4.39 Å². The van der Waals surface area contributed by atoms with Crippen LogP contribution in [0.4, 0.5) is 10.1 Å². The number of azide groups is 1. The van der Waals surface area contributed by atoms with Crippen molar-refractivity contribution in [2.24, 2.45) is 5.11 Å². The molecule has 0 aliphatic carbocycles. The second kappa shape index (κ2) is 3.72. The van der Waals surface area contributed by atoms with Gasteiger partial charge < -0.3 is 0 Å². The normalized spacial score (nSPS) is 9.67. The number of rotatable bonds is 2. The van der Waals surface area contributed by atoms with E-state index in [1.54, 1.807) is 0 Å². The van der Waals surface area contributed by atoms with E-state index in [1.807, 2.05) is 0 Å². The van der Waals surface area contributed by atoms with Crippen molar-refractivity contribution >= 4 is 5.69 Å². The van der Waals surface area contributed by atoms with Crippen LogP contribution in [0, 0.1) is 5.82 Å². The number of halogens is 1. The fraction of sp³-hybridized carbons (Fsp3) is 0. The predicted molar refractivity (Wildman–Crippen MR) is 47.9 cm³/mol. The maximum atomic E-state index is 13.1. The highest BCUT2D eigenvalue weighted by Gasteiger charge is 2.03. The average Bonchev–Trinajstić information content (AvgIpc) is 2.75. The SMILES string of the molecule is [N-]=[N+]=Nc1cc(-n2cnnn2)ccc1F. The number of aromatic nitrogens is 4. The first-order valence-electron chi connectivity index (χ1n) is 3.89. The maximum Gasteiger partial charge on any atom is 0.143 e. The fourth-order valence-electron chi connectivity index (χ4n) is 1.05. The summed E-state index contributed by atoms with van der Waals surface area (Å²) in [6.45, 7) is 0. The molecule has 1 aromatic carbocycles. The number of nitrogens with zero attached hydrogens (tertiary/aromatic N) is 7. The molecule has 7 nitrogen and oxygen atoms in total. The molecular weight excluding hydrogens is 201 g/mol. The van der Waals surface area contributed by atoms with Gasteiger partial charge in [0, 0.05) is 4.91 Å². The van der Waals surface area contributed by atoms with E-state index < -0.39 is 5.82 Å².